The molecule has 48 valence electrons. The van der Waals surface area contributed by atoms with Crippen molar-refractivity contribution in [3.8, 4) is 0 Å². The predicted molar refractivity (Wildman–Crippen MR) is 59.9 cm³/mol. The average Bonchev–Trinajstić information content (AvgIpc) is 1.90. The third-order valence-electron chi connectivity index (χ3n) is 0.951. The molecule has 3 heteroatoms. The van der Waals surface area contributed by atoms with Gasteiger partial charge >= 0.3 is 83.1 Å². The summed E-state index contributed by atoms with van der Waals surface area (Å²) in [4.78, 5) is 0. The van der Waals surface area contributed by atoms with Crippen molar-refractivity contribution in [3.05, 3.63) is 30.3 Å². The topological polar surface area (TPSA) is 0 Å². The molecule has 0 N–H and O–H groups in total. The second kappa shape index (κ2) is 4.44. The first kappa shape index (κ1) is 8.66. The molecule has 1 rings (SSSR count). The molecule has 0 atom stereocenters. The van der Waals surface area contributed by atoms with Crippen LogP contribution in [0.4, 0.5) is 0 Å². The summed E-state index contributed by atoms with van der Waals surface area (Å²) in [5.41, 5.74) is 0. The number of hydrogen-bond donors (Lipinski definition) is 0. The van der Waals surface area contributed by atoms with Gasteiger partial charge in [-0.25, -0.2) is 0 Å². The number of hydrogen-bond acceptors (Lipinski definition) is 0. The second-order valence-electron chi connectivity index (χ2n) is 1.57. The molecule has 0 radical (unpaired) electrons. The fourth-order valence-corrected chi connectivity index (χ4v) is 7.73. The Bertz CT molecular complexity index is 174. The maximum absolute atomic E-state index is 2.60. The molecule has 1 aromatic carbocycles. The average molecular weight is 540 g/mol. The molecule has 0 aliphatic carbocycles. The molecule has 0 saturated carbocycles. The molecule has 0 aliphatic heterocycles. The van der Waals surface area contributed by atoms with E-state index in [4.69, 9.17) is 0 Å². The summed E-state index contributed by atoms with van der Waals surface area (Å²) >= 11 is 4.05. The van der Waals surface area contributed by atoms with Gasteiger partial charge in [-0.2, -0.15) is 0 Å². The molecule has 0 aliphatic rings. The third-order valence-corrected chi connectivity index (χ3v) is 13.4. The van der Waals surface area contributed by atoms with Crippen LogP contribution in [0.1, 0.15) is 0 Å². The van der Waals surface area contributed by atoms with Crippen molar-refractivity contribution in [2.24, 2.45) is 0 Å². The van der Waals surface area contributed by atoms with E-state index in [1.807, 2.05) is 0 Å². The fraction of sp³-hybridized carbons (Fsp3) is 0. The van der Waals surface area contributed by atoms with Crippen LogP contribution in [0.5, 0.6) is 0 Å². The summed E-state index contributed by atoms with van der Waals surface area (Å²) in [6.07, 6.45) is 0. The molecular weight excluding hydrogens is 535 g/mol. The molecule has 1 aromatic rings. The van der Waals surface area contributed by atoms with Crippen molar-refractivity contribution < 1.29 is 0 Å². The first-order chi connectivity index (χ1) is 4.30. The minimum atomic E-state index is -1.14. The summed E-state index contributed by atoms with van der Waals surface area (Å²) in [6.45, 7) is 0. The van der Waals surface area contributed by atoms with Crippen molar-refractivity contribution in [1.82, 2.24) is 0 Å². The normalized spacial score (nSPS) is 10.1. The first-order valence-corrected chi connectivity index (χ1v) is 23.8. The van der Waals surface area contributed by atoms with Crippen LogP contribution in [-0.4, -0.2) is 13.4 Å². The maximum atomic E-state index is 2.60. The Morgan fingerprint density at radius 3 is 1.89 bits per heavy atom. The fourth-order valence-electron chi connectivity index (χ4n) is 0.541. The van der Waals surface area contributed by atoms with E-state index in [1.165, 1.54) is 0 Å². The van der Waals surface area contributed by atoms with E-state index in [-0.39, 0.29) is 0 Å². The Labute approximate surface area is 81.5 Å². The van der Waals surface area contributed by atoms with Gasteiger partial charge < -0.3 is 0 Å². The SMILES string of the molecule is [I][Bi]([I])[c]1ccccc1. The third kappa shape index (κ3) is 2.97. The van der Waals surface area contributed by atoms with Gasteiger partial charge in [0.1, 0.15) is 0 Å². The first-order valence-electron chi connectivity index (χ1n) is 2.47. The van der Waals surface area contributed by atoms with Gasteiger partial charge in [0.2, 0.25) is 0 Å². The van der Waals surface area contributed by atoms with Gasteiger partial charge in [-0.3, -0.25) is 0 Å². The molecule has 0 amide bonds. The summed E-state index contributed by atoms with van der Waals surface area (Å²) in [5, 5.41) is 0. The van der Waals surface area contributed by atoms with E-state index in [9.17, 15) is 0 Å². The van der Waals surface area contributed by atoms with Gasteiger partial charge in [-0.15, -0.1) is 0 Å². The summed E-state index contributed by atoms with van der Waals surface area (Å²) in [5.74, 6) is 0. The van der Waals surface area contributed by atoms with Gasteiger partial charge in [0.15, 0.2) is 0 Å². The quantitative estimate of drug-likeness (QED) is 0.379. The van der Waals surface area contributed by atoms with E-state index in [1.54, 1.807) is 3.27 Å². The van der Waals surface area contributed by atoms with Crippen LogP contribution in [-0.2, 0) is 0 Å². The molecular formula is C6H5BiI2. The second-order valence-corrected chi connectivity index (χ2v) is 38.5. The van der Waals surface area contributed by atoms with Crippen LogP contribution < -0.4 is 3.27 Å². The number of benzene rings is 1. The van der Waals surface area contributed by atoms with Gasteiger partial charge in [0, 0.05) is 0 Å². The Hall–Kier alpha value is 1.56. The summed E-state index contributed by atoms with van der Waals surface area (Å²) in [7, 11) is 0. The van der Waals surface area contributed by atoms with Crippen LogP contribution in [0.15, 0.2) is 30.3 Å². The van der Waals surface area contributed by atoms with E-state index < -0.39 is 13.4 Å². The molecule has 0 heterocycles. The Kier molecular flexibility index (Phi) is 4.27. The molecule has 9 heavy (non-hydrogen) atoms. The van der Waals surface area contributed by atoms with Crippen molar-refractivity contribution in [2.75, 3.05) is 0 Å². The van der Waals surface area contributed by atoms with E-state index in [2.05, 4.69) is 66.4 Å². The molecule has 0 saturated heterocycles. The molecule has 0 unspecified atom stereocenters. The monoisotopic (exact) mass is 540 g/mol. The van der Waals surface area contributed by atoms with Crippen molar-refractivity contribution in [1.29, 1.82) is 0 Å². The van der Waals surface area contributed by atoms with Crippen molar-refractivity contribution >= 4 is 52.7 Å². The van der Waals surface area contributed by atoms with Gasteiger partial charge in [0.25, 0.3) is 0 Å². The molecule has 0 nitrogen and oxygen atoms in total. The van der Waals surface area contributed by atoms with Gasteiger partial charge in [0.05, 0.1) is 0 Å². The Balaban J connectivity index is 2.85. The number of halogens is 2. The molecule has 0 spiro atoms. The Morgan fingerprint density at radius 2 is 1.56 bits per heavy atom. The van der Waals surface area contributed by atoms with Crippen LogP contribution in [0, 0.1) is 0 Å². The predicted octanol–water partition coefficient (Wildman–Crippen LogP) is 2.25. The Morgan fingerprint density at radius 1 is 1.00 bits per heavy atom. The van der Waals surface area contributed by atoms with Crippen LogP contribution in [0.25, 0.3) is 0 Å². The number of rotatable bonds is 1. The van der Waals surface area contributed by atoms with Crippen LogP contribution in [0.2, 0.25) is 0 Å². The van der Waals surface area contributed by atoms with Crippen LogP contribution >= 0.6 is 36.1 Å². The molecule has 0 fully saturated rings. The van der Waals surface area contributed by atoms with E-state index in [0.29, 0.717) is 0 Å². The van der Waals surface area contributed by atoms with Crippen molar-refractivity contribution in [2.45, 2.75) is 0 Å². The molecule has 0 bridgehead atoms. The summed E-state index contributed by atoms with van der Waals surface area (Å²) < 4.78 is 1.59. The van der Waals surface area contributed by atoms with E-state index >= 15 is 0 Å². The summed E-state index contributed by atoms with van der Waals surface area (Å²) in [6, 6.07) is 10.8. The van der Waals surface area contributed by atoms with Gasteiger partial charge in [-0.1, -0.05) is 0 Å². The zero-order valence-corrected chi connectivity index (χ0v) is 12.4. The van der Waals surface area contributed by atoms with Gasteiger partial charge in [-0.05, 0) is 0 Å². The van der Waals surface area contributed by atoms with Crippen molar-refractivity contribution in [3.63, 3.8) is 0 Å². The zero-order valence-electron chi connectivity index (χ0n) is 4.59. The van der Waals surface area contributed by atoms with Crippen LogP contribution in [0.3, 0.4) is 0 Å². The van der Waals surface area contributed by atoms with E-state index in [0.717, 1.165) is 0 Å². The minimum absolute atomic E-state index is 1.14. The standard InChI is InChI=1S/C6H5.Bi.2HI/c1-2-4-6-5-3-1;;;/h1-5H;;2*1H/q;+2;;/p-2. The zero-order chi connectivity index (χ0) is 6.69. The molecule has 0 aromatic heterocycles.